The topological polar surface area (TPSA) is 12.9 Å². The molecule has 1 nitrogen and oxygen atoms in total. The van der Waals surface area contributed by atoms with Crippen LogP contribution in [0.25, 0.3) is 11.3 Å². The van der Waals surface area contributed by atoms with Gasteiger partial charge in [0.25, 0.3) is 0 Å². The number of halogens is 4. The molecule has 0 aliphatic heterocycles. The molecule has 0 bridgehead atoms. The average molecular weight is 247 g/mol. The van der Waals surface area contributed by atoms with Crippen LogP contribution >= 0.6 is 11.3 Å². The van der Waals surface area contributed by atoms with Crippen molar-refractivity contribution in [1.29, 1.82) is 0 Å². The number of hydrogen-bond donors (Lipinski definition) is 0. The van der Waals surface area contributed by atoms with Crippen molar-refractivity contribution in [3.05, 3.63) is 40.5 Å². The Hall–Kier alpha value is -1.43. The largest absolute Gasteiger partial charge is 0.443 e. The van der Waals surface area contributed by atoms with Gasteiger partial charge in [-0.15, -0.1) is 11.3 Å². The lowest BCUT2D eigenvalue weighted by atomic mass is 10.2. The second kappa shape index (κ2) is 3.86. The van der Waals surface area contributed by atoms with Gasteiger partial charge < -0.3 is 0 Å². The first-order valence-electron chi connectivity index (χ1n) is 4.25. The van der Waals surface area contributed by atoms with E-state index in [2.05, 4.69) is 4.98 Å². The summed E-state index contributed by atoms with van der Waals surface area (Å²) in [4.78, 5) is 3.42. The van der Waals surface area contributed by atoms with Crippen LogP contribution in [-0.4, -0.2) is 4.98 Å². The van der Waals surface area contributed by atoms with Crippen LogP contribution in [0.2, 0.25) is 0 Å². The quantitative estimate of drug-likeness (QED) is 0.695. The highest BCUT2D eigenvalue weighted by Gasteiger charge is 2.34. The lowest BCUT2D eigenvalue weighted by molar-refractivity contribution is -0.137. The van der Waals surface area contributed by atoms with Gasteiger partial charge in [0.15, 0.2) is 5.01 Å². The zero-order chi connectivity index (χ0) is 11.8. The van der Waals surface area contributed by atoms with Crippen molar-refractivity contribution in [2.45, 2.75) is 6.18 Å². The first-order valence-corrected chi connectivity index (χ1v) is 5.13. The van der Waals surface area contributed by atoms with Gasteiger partial charge in [0.1, 0.15) is 5.82 Å². The summed E-state index contributed by atoms with van der Waals surface area (Å²) in [5.41, 5.74) is 0.476. The van der Waals surface area contributed by atoms with Crippen LogP contribution < -0.4 is 0 Å². The maximum Gasteiger partial charge on any atom is 0.443 e. The molecule has 1 heterocycles. The third kappa shape index (κ3) is 2.21. The van der Waals surface area contributed by atoms with Crippen LogP contribution in [0.1, 0.15) is 5.01 Å². The van der Waals surface area contributed by atoms with Gasteiger partial charge >= 0.3 is 6.18 Å². The van der Waals surface area contributed by atoms with E-state index in [0.29, 0.717) is 16.9 Å². The first-order chi connectivity index (χ1) is 7.47. The van der Waals surface area contributed by atoms with Crippen LogP contribution in [0.15, 0.2) is 29.6 Å². The average Bonchev–Trinajstić information content (AvgIpc) is 2.65. The summed E-state index contributed by atoms with van der Waals surface area (Å²) in [7, 11) is 0. The smallest absolute Gasteiger partial charge is 0.232 e. The summed E-state index contributed by atoms with van der Waals surface area (Å²) in [5, 5.41) is 0.337. The molecule has 0 saturated heterocycles. The van der Waals surface area contributed by atoms with E-state index in [0.717, 1.165) is 6.07 Å². The molecule has 84 valence electrons. The summed E-state index contributed by atoms with van der Waals surface area (Å²) in [6.45, 7) is 0. The summed E-state index contributed by atoms with van der Waals surface area (Å²) in [6.07, 6.45) is -4.45. The second-order valence-electron chi connectivity index (χ2n) is 3.05. The summed E-state index contributed by atoms with van der Waals surface area (Å²) in [6, 6.07) is 5.31. The molecule has 0 saturated carbocycles. The number of aromatic nitrogens is 1. The highest BCUT2D eigenvalue weighted by molar-refractivity contribution is 7.10. The van der Waals surface area contributed by atoms with Gasteiger partial charge in [-0.3, -0.25) is 0 Å². The Bertz CT molecular complexity index is 504. The minimum absolute atomic E-state index is 0.136. The Kier molecular flexibility index (Phi) is 2.67. The highest BCUT2D eigenvalue weighted by Crippen LogP contribution is 2.34. The van der Waals surface area contributed by atoms with Crippen LogP contribution in [-0.2, 0) is 6.18 Å². The number of benzene rings is 1. The fourth-order valence-electron chi connectivity index (χ4n) is 1.18. The summed E-state index contributed by atoms with van der Waals surface area (Å²) in [5.74, 6) is -0.501. The normalized spacial score (nSPS) is 11.8. The van der Waals surface area contributed by atoms with Gasteiger partial charge in [-0.1, -0.05) is 12.1 Å². The summed E-state index contributed by atoms with van der Waals surface area (Å²) >= 11 is 0.499. The van der Waals surface area contributed by atoms with E-state index in [1.807, 2.05) is 0 Å². The van der Waals surface area contributed by atoms with Crippen molar-refractivity contribution in [2.75, 3.05) is 0 Å². The zero-order valence-corrected chi connectivity index (χ0v) is 8.57. The number of rotatable bonds is 1. The van der Waals surface area contributed by atoms with Gasteiger partial charge in [0.05, 0.1) is 5.69 Å². The molecule has 1 aromatic carbocycles. The molecule has 2 aromatic rings. The van der Waals surface area contributed by atoms with Gasteiger partial charge in [-0.2, -0.15) is 13.2 Å². The van der Waals surface area contributed by atoms with Crippen molar-refractivity contribution < 1.29 is 17.6 Å². The molecule has 0 fully saturated rings. The molecule has 0 amide bonds. The van der Waals surface area contributed by atoms with Crippen molar-refractivity contribution in [2.24, 2.45) is 0 Å². The molecule has 0 aliphatic rings. The van der Waals surface area contributed by atoms with Crippen molar-refractivity contribution in [3.8, 4) is 11.3 Å². The Morgan fingerprint density at radius 3 is 2.50 bits per heavy atom. The van der Waals surface area contributed by atoms with E-state index in [1.165, 1.54) is 23.6 Å². The Labute approximate surface area is 92.4 Å². The van der Waals surface area contributed by atoms with E-state index in [4.69, 9.17) is 0 Å². The fourth-order valence-corrected chi connectivity index (χ4v) is 1.88. The molecular formula is C10H5F4NS. The van der Waals surface area contributed by atoms with E-state index < -0.39 is 17.0 Å². The maximum absolute atomic E-state index is 12.8. The van der Waals surface area contributed by atoms with Crippen LogP contribution in [0.3, 0.4) is 0 Å². The standard InChI is InChI=1S/C10H5F4NS/c11-7-3-1-2-6(4-7)8-5-16-9(15-8)10(12,13)14/h1-5H. The van der Waals surface area contributed by atoms with Gasteiger partial charge in [0.2, 0.25) is 0 Å². The lowest BCUT2D eigenvalue weighted by Crippen LogP contribution is -2.03. The van der Waals surface area contributed by atoms with Gasteiger partial charge in [0, 0.05) is 10.9 Å². The second-order valence-corrected chi connectivity index (χ2v) is 3.90. The van der Waals surface area contributed by atoms with Gasteiger partial charge in [-0.05, 0) is 12.1 Å². The Morgan fingerprint density at radius 2 is 1.94 bits per heavy atom. The van der Waals surface area contributed by atoms with Crippen molar-refractivity contribution in [1.82, 2.24) is 4.98 Å². The molecule has 16 heavy (non-hydrogen) atoms. The number of nitrogens with zero attached hydrogens (tertiary/aromatic N) is 1. The number of hydrogen-bond acceptors (Lipinski definition) is 2. The minimum Gasteiger partial charge on any atom is -0.232 e. The van der Waals surface area contributed by atoms with Crippen molar-refractivity contribution >= 4 is 11.3 Å². The monoisotopic (exact) mass is 247 g/mol. The Morgan fingerprint density at radius 1 is 1.19 bits per heavy atom. The maximum atomic E-state index is 12.8. The third-order valence-corrected chi connectivity index (χ3v) is 2.75. The molecular weight excluding hydrogens is 242 g/mol. The third-order valence-electron chi connectivity index (χ3n) is 1.87. The van der Waals surface area contributed by atoms with E-state index in [-0.39, 0.29) is 5.69 Å². The molecule has 0 spiro atoms. The highest BCUT2D eigenvalue weighted by atomic mass is 32.1. The molecule has 0 N–H and O–H groups in total. The first kappa shape index (κ1) is 11.1. The number of alkyl halides is 3. The van der Waals surface area contributed by atoms with E-state index in [1.54, 1.807) is 0 Å². The van der Waals surface area contributed by atoms with Crippen LogP contribution in [0, 0.1) is 5.82 Å². The summed E-state index contributed by atoms with van der Waals surface area (Å²) < 4.78 is 49.7. The molecule has 0 aliphatic carbocycles. The SMILES string of the molecule is Fc1cccc(-c2csc(C(F)(F)F)n2)c1. The molecule has 2 rings (SSSR count). The van der Waals surface area contributed by atoms with E-state index in [9.17, 15) is 17.6 Å². The van der Waals surface area contributed by atoms with Gasteiger partial charge in [-0.25, -0.2) is 9.37 Å². The van der Waals surface area contributed by atoms with Crippen LogP contribution in [0.5, 0.6) is 0 Å². The zero-order valence-electron chi connectivity index (χ0n) is 7.75. The molecule has 1 aromatic heterocycles. The predicted octanol–water partition coefficient (Wildman–Crippen LogP) is 3.97. The number of thiazole rings is 1. The molecule has 6 heteroatoms. The predicted molar refractivity (Wildman–Crippen MR) is 52.5 cm³/mol. The molecule has 0 unspecified atom stereocenters. The fraction of sp³-hybridized carbons (Fsp3) is 0.100. The van der Waals surface area contributed by atoms with Crippen molar-refractivity contribution in [3.63, 3.8) is 0 Å². The van der Waals surface area contributed by atoms with Crippen LogP contribution in [0.4, 0.5) is 17.6 Å². The lowest BCUT2D eigenvalue weighted by Gasteiger charge is -2.00. The van der Waals surface area contributed by atoms with E-state index >= 15 is 0 Å². The minimum atomic E-state index is -4.45. The molecule has 0 atom stereocenters. The molecule has 0 radical (unpaired) electrons. The Balaban J connectivity index is 2.39.